The van der Waals surface area contributed by atoms with Gasteiger partial charge < -0.3 is 24.8 Å². The Hall–Kier alpha value is -0.850. The Balaban J connectivity index is 2.54. The van der Waals surface area contributed by atoms with E-state index in [1.165, 1.54) is 0 Å². The van der Waals surface area contributed by atoms with E-state index in [4.69, 9.17) is 14.6 Å². The summed E-state index contributed by atoms with van der Waals surface area (Å²) in [5.74, 6) is 0.384. The number of aliphatic hydroxyl groups excluding tert-OH is 1. The van der Waals surface area contributed by atoms with Gasteiger partial charge in [-0.15, -0.1) is 0 Å². The lowest BCUT2D eigenvalue weighted by atomic mass is 9.91. The molecule has 3 unspecified atom stereocenters. The number of hydrogen-bond acceptors (Lipinski definition) is 5. The van der Waals surface area contributed by atoms with E-state index in [0.717, 1.165) is 19.4 Å². The summed E-state index contributed by atoms with van der Waals surface area (Å²) < 4.78 is 10.7. The second-order valence-corrected chi connectivity index (χ2v) is 7.45. The van der Waals surface area contributed by atoms with Crippen LogP contribution in [-0.4, -0.2) is 67.2 Å². The fourth-order valence-corrected chi connectivity index (χ4v) is 2.99. The summed E-state index contributed by atoms with van der Waals surface area (Å²) in [7, 11) is 1.67. The van der Waals surface area contributed by atoms with Crippen molar-refractivity contribution in [3.8, 4) is 0 Å². The lowest BCUT2D eigenvalue weighted by Gasteiger charge is -2.37. The minimum Gasteiger partial charge on any atom is -0.444 e. The number of hydrogen-bond donors (Lipinski definition) is 2. The Morgan fingerprint density at radius 1 is 1.43 bits per heavy atom. The van der Waals surface area contributed by atoms with Crippen molar-refractivity contribution in [2.45, 2.75) is 64.6 Å². The van der Waals surface area contributed by atoms with Gasteiger partial charge in [-0.2, -0.15) is 0 Å². The molecular formula is C17H34N2O4. The molecule has 0 saturated carbocycles. The number of rotatable bonds is 7. The molecule has 1 amide bonds. The lowest BCUT2D eigenvalue weighted by molar-refractivity contribution is 0.0142. The first-order valence-corrected chi connectivity index (χ1v) is 8.60. The van der Waals surface area contributed by atoms with E-state index in [1.807, 2.05) is 25.7 Å². The normalized spacial score (nSPS) is 21.8. The van der Waals surface area contributed by atoms with Crippen molar-refractivity contribution in [2.24, 2.45) is 5.92 Å². The van der Waals surface area contributed by atoms with Crippen LogP contribution in [0.5, 0.6) is 0 Å². The van der Waals surface area contributed by atoms with E-state index >= 15 is 0 Å². The van der Waals surface area contributed by atoms with Gasteiger partial charge in [0, 0.05) is 38.9 Å². The largest absolute Gasteiger partial charge is 0.444 e. The summed E-state index contributed by atoms with van der Waals surface area (Å²) in [6, 6.07) is 0.392. The molecule has 1 saturated heterocycles. The van der Waals surface area contributed by atoms with Gasteiger partial charge in [-0.05, 0) is 52.9 Å². The summed E-state index contributed by atoms with van der Waals surface area (Å²) in [5, 5.41) is 12.7. The van der Waals surface area contributed by atoms with Gasteiger partial charge in [0.15, 0.2) is 0 Å². The molecule has 0 bridgehead atoms. The van der Waals surface area contributed by atoms with Crippen LogP contribution >= 0.6 is 0 Å². The number of aliphatic hydroxyl groups is 1. The number of carbonyl (C=O) groups is 1. The van der Waals surface area contributed by atoms with Crippen molar-refractivity contribution in [3.63, 3.8) is 0 Å². The van der Waals surface area contributed by atoms with Crippen molar-refractivity contribution >= 4 is 6.09 Å². The van der Waals surface area contributed by atoms with Gasteiger partial charge >= 0.3 is 6.09 Å². The zero-order chi connectivity index (χ0) is 17.5. The highest BCUT2D eigenvalue weighted by Crippen LogP contribution is 2.22. The first-order chi connectivity index (χ1) is 10.8. The summed E-state index contributed by atoms with van der Waals surface area (Å²) in [6.07, 6.45) is 2.52. The third-order valence-electron chi connectivity index (χ3n) is 4.16. The monoisotopic (exact) mass is 330 g/mol. The zero-order valence-corrected chi connectivity index (χ0v) is 15.3. The van der Waals surface area contributed by atoms with Crippen LogP contribution in [0.1, 0.15) is 47.0 Å². The molecule has 6 heteroatoms. The summed E-state index contributed by atoms with van der Waals surface area (Å²) in [4.78, 5) is 14.1. The molecule has 0 spiro atoms. The standard InChI is InChI=1S/C17H34N2O4/c1-13(18-15(8-10-20)12-22-5)14-7-6-9-19(11-14)16(21)23-17(2,3)4/h13-15,18,20H,6-12H2,1-5H3. The lowest BCUT2D eigenvalue weighted by Crippen LogP contribution is -2.50. The second kappa shape index (κ2) is 9.45. The van der Waals surface area contributed by atoms with Gasteiger partial charge in [0.05, 0.1) is 6.61 Å². The van der Waals surface area contributed by atoms with E-state index < -0.39 is 5.60 Å². The molecule has 0 radical (unpaired) electrons. The molecule has 0 aromatic heterocycles. The van der Waals surface area contributed by atoms with Gasteiger partial charge in [0.2, 0.25) is 0 Å². The Morgan fingerprint density at radius 2 is 2.13 bits per heavy atom. The fraction of sp³-hybridized carbons (Fsp3) is 0.941. The minimum absolute atomic E-state index is 0.136. The number of piperidine rings is 1. The van der Waals surface area contributed by atoms with Crippen LogP contribution in [0.15, 0.2) is 0 Å². The highest BCUT2D eigenvalue weighted by atomic mass is 16.6. The molecule has 0 aliphatic carbocycles. The van der Waals surface area contributed by atoms with Crippen LogP contribution in [-0.2, 0) is 9.47 Å². The maximum absolute atomic E-state index is 12.2. The average molecular weight is 330 g/mol. The van der Waals surface area contributed by atoms with Crippen molar-refractivity contribution in [1.82, 2.24) is 10.2 Å². The van der Waals surface area contributed by atoms with Gasteiger partial charge in [0.1, 0.15) is 5.60 Å². The molecule has 0 aromatic rings. The molecule has 136 valence electrons. The van der Waals surface area contributed by atoms with E-state index in [9.17, 15) is 4.79 Å². The van der Waals surface area contributed by atoms with Crippen LogP contribution in [0.4, 0.5) is 4.79 Å². The molecular weight excluding hydrogens is 296 g/mol. The molecule has 1 aliphatic rings. The van der Waals surface area contributed by atoms with Gasteiger partial charge in [0.25, 0.3) is 0 Å². The zero-order valence-electron chi connectivity index (χ0n) is 15.3. The van der Waals surface area contributed by atoms with Crippen LogP contribution in [0, 0.1) is 5.92 Å². The van der Waals surface area contributed by atoms with Crippen molar-refractivity contribution in [1.29, 1.82) is 0 Å². The second-order valence-electron chi connectivity index (χ2n) is 7.45. The SMILES string of the molecule is COCC(CCO)NC(C)C1CCCN(C(=O)OC(C)(C)C)C1. The smallest absolute Gasteiger partial charge is 0.410 e. The Labute approximate surface area is 140 Å². The molecule has 1 aliphatic heterocycles. The number of nitrogens with zero attached hydrogens (tertiary/aromatic N) is 1. The fourth-order valence-electron chi connectivity index (χ4n) is 2.99. The Morgan fingerprint density at radius 3 is 2.70 bits per heavy atom. The van der Waals surface area contributed by atoms with Crippen molar-refractivity contribution in [3.05, 3.63) is 0 Å². The molecule has 3 atom stereocenters. The van der Waals surface area contributed by atoms with E-state index in [2.05, 4.69) is 12.2 Å². The third kappa shape index (κ3) is 7.50. The third-order valence-corrected chi connectivity index (χ3v) is 4.16. The number of nitrogens with one attached hydrogen (secondary N) is 1. The maximum atomic E-state index is 12.2. The number of methoxy groups -OCH3 is 1. The quantitative estimate of drug-likeness (QED) is 0.747. The van der Waals surface area contributed by atoms with Crippen molar-refractivity contribution < 1.29 is 19.4 Å². The van der Waals surface area contributed by atoms with Crippen LogP contribution in [0.25, 0.3) is 0 Å². The predicted molar refractivity (Wildman–Crippen MR) is 90.5 cm³/mol. The number of amides is 1. The van der Waals surface area contributed by atoms with Crippen molar-refractivity contribution in [2.75, 3.05) is 33.4 Å². The van der Waals surface area contributed by atoms with Crippen LogP contribution in [0.2, 0.25) is 0 Å². The summed E-state index contributed by atoms with van der Waals surface area (Å²) in [5.41, 5.74) is -0.460. The highest BCUT2D eigenvalue weighted by molar-refractivity contribution is 5.68. The first kappa shape index (κ1) is 20.2. The first-order valence-electron chi connectivity index (χ1n) is 8.60. The highest BCUT2D eigenvalue weighted by Gasteiger charge is 2.30. The molecule has 2 N–H and O–H groups in total. The number of likely N-dealkylation sites (tertiary alicyclic amines) is 1. The summed E-state index contributed by atoms with van der Waals surface area (Å²) >= 11 is 0. The minimum atomic E-state index is -0.460. The van der Waals surface area contributed by atoms with Crippen LogP contribution < -0.4 is 5.32 Å². The number of carbonyl (C=O) groups excluding carboxylic acids is 1. The van der Waals surface area contributed by atoms with Gasteiger partial charge in [-0.25, -0.2) is 4.79 Å². The molecule has 1 heterocycles. The van der Waals surface area contributed by atoms with Gasteiger partial charge in [-0.1, -0.05) is 0 Å². The molecule has 0 aromatic carbocycles. The Bertz CT molecular complexity index is 351. The van der Waals surface area contributed by atoms with E-state index in [-0.39, 0.29) is 24.8 Å². The van der Waals surface area contributed by atoms with Crippen LogP contribution in [0.3, 0.4) is 0 Å². The molecule has 23 heavy (non-hydrogen) atoms. The maximum Gasteiger partial charge on any atom is 0.410 e. The molecule has 1 rings (SSSR count). The average Bonchev–Trinajstić information content (AvgIpc) is 2.46. The molecule has 6 nitrogen and oxygen atoms in total. The Kier molecular flexibility index (Phi) is 8.29. The summed E-state index contributed by atoms with van der Waals surface area (Å²) in [6.45, 7) is 10.00. The van der Waals surface area contributed by atoms with Gasteiger partial charge in [-0.3, -0.25) is 0 Å². The molecule has 1 fully saturated rings. The van der Waals surface area contributed by atoms with E-state index in [1.54, 1.807) is 7.11 Å². The number of ether oxygens (including phenoxy) is 2. The van der Waals surface area contributed by atoms with E-state index in [0.29, 0.717) is 25.5 Å². The topological polar surface area (TPSA) is 71.0 Å². The predicted octanol–water partition coefficient (Wildman–Crippen LogP) is 2.01.